The number of nitrogens with zero attached hydrogens (tertiary/aromatic N) is 1. The highest BCUT2D eigenvalue weighted by atomic mass is 79.9. The number of rotatable bonds is 4. The summed E-state index contributed by atoms with van der Waals surface area (Å²) in [5.74, 6) is 1.85. The summed E-state index contributed by atoms with van der Waals surface area (Å²) in [6, 6.07) is 6.11. The van der Waals surface area contributed by atoms with Crippen molar-refractivity contribution in [3.05, 3.63) is 51.1 Å². The summed E-state index contributed by atoms with van der Waals surface area (Å²) in [6.45, 7) is 7.06. The van der Waals surface area contributed by atoms with Gasteiger partial charge in [-0.1, -0.05) is 6.07 Å². The fourth-order valence-corrected chi connectivity index (χ4v) is 2.54. The van der Waals surface area contributed by atoms with E-state index < -0.39 is 0 Å². The van der Waals surface area contributed by atoms with Crippen molar-refractivity contribution in [2.45, 2.75) is 27.3 Å². The van der Waals surface area contributed by atoms with Crippen LogP contribution in [-0.4, -0.2) is 12.1 Å². The first-order chi connectivity index (χ1) is 9.52. The molecular formula is C16H19BrN2O. The van der Waals surface area contributed by atoms with Gasteiger partial charge >= 0.3 is 0 Å². The van der Waals surface area contributed by atoms with E-state index in [9.17, 15) is 0 Å². The average Bonchev–Trinajstić information content (AvgIpc) is 2.43. The van der Waals surface area contributed by atoms with E-state index in [1.165, 1.54) is 16.7 Å². The Labute approximate surface area is 128 Å². The molecule has 0 saturated carbocycles. The quantitative estimate of drug-likeness (QED) is 0.900. The lowest BCUT2D eigenvalue weighted by Crippen LogP contribution is -2.05. The van der Waals surface area contributed by atoms with Gasteiger partial charge in [-0.15, -0.1) is 0 Å². The van der Waals surface area contributed by atoms with Crippen LogP contribution in [-0.2, 0) is 6.54 Å². The predicted molar refractivity (Wildman–Crippen MR) is 86.5 cm³/mol. The lowest BCUT2D eigenvalue weighted by molar-refractivity contribution is 0.408. The molecule has 2 aromatic rings. The molecule has 106 valence electrons. The zero-order chi connectivity index (χ0) is 14.7. The molecule has 0 spiro atoms. The molecule has 1 N–H and O–H groups in total. The fourth-order valence-electron chi connectivity index (χ4n) is 2.31. The molecule has 0 aliphatic rings. The highest BCUT2D eigenvalue weighted by molar-refractivity contribution is 9.10. The largest absolute Gasteiger partial charge is 0.496 e. The minimum atomic E-state index is 0.756. The monoisotopic (exact) mass is 334 g/mol. The minimum absolute atomic E-state index is 0.756. The van der Waals surface area contributed by atoms with Crippen molar-refractivity contribution < 1.29 is 4.74 Å². The van der Waals surface area contributed by atoms with E-state index in [1.807, 2.05) is 12.1 Å². The Kier molecular flexibility index (Phi) is 4.65. The summed E-state index contributed by atoms with van der Waals surface area (Å²) in [6.07, 6.45) is 1.79. The van der Waals surface area contributed by atoms with Crippen molar-refractivity contribution >= 4 is 21.7 Å². The topological polar surface area (TPSA) is 34.1 Å². The second-order valence-corrected chi connectivity index (χ2v) is 5.77. The van der Waals surface area contributed by atoms with Crippen LogP contribution in [0.25, 0.3) is 0 Å². The number of anilines is 1. The lowest BCUT2D eigenvalue weighted by atomic mass is 9.98. The number of aryl methyl sites for hydroxylation is 1. The first-order valence-corrected chi connectivity index (χ1v) is 7.31. The van der Waals surface area contributed by atoms with Gasteiger partial charge in [0.15, 0.2) is 0 Å². The average molecular weight is 335 g/mol. The standard InChI is InChI=1S/C16H19BrN2O/c1-10-7-13(11(2)12(3)16(10)20-4)8-18-15-6-5-14(17)9-19-15/h5-7,9H,8H2,1-4H3,(H,18,19). The Bertz CT molecular complexity index is 609. The van der Waals surface area contributed by atoms with Gasteiger partial charge in [-0.2, -0.15) is 0 Å². The van der Waals surface area contributed by atoms with Gasteiger partial charge in [0.25, 0.3) is 0 Å². The molecule has 1 heterocycles. The smallest absolute Gasteiger partial charge is 0.126 e. The van der Waals surface area contributed by atoms with Gasteiger partial charge < -0.3 is 10.1 Å². The number of halogens is 1. The molecule has 3 nitrogen and oxygen atoms in total. The van der Waals surface area contributed by atoms with Crippen LogP contribution < -0.4 is 10.1 Å². The number of hydrogen-bond acceptors (Lipinski definition) is 3. The first kappa shape index (κ1) is 14.9. The maximum atomic E-state index is 5.45. The highest BCUT2D eigenvalue weighted by Gasteiger charge is 2.10. The number of ether oxygens (including phenoxy) is 1. The highest BCUT2D eigenvalue weighted by Crippen LogP contribution is 2.28. The Balaban J connectivity index is 2.20. The molecule has 0 amide bonds. The normalized spacial score (nSPS) is 10.4. The summed E-state index contributed by atoms with van der Waals surface area (Å²) in [7, 11) is 1.72. The van der Waals surface area contributed by atoms with Gasteiger partial charge in [0.1, 0.15) is 11.6 Å². The van der Waals surface area contributed by atoms with Gasteiger partial charge in [0.05, 0.1) is 7.11 Å². The third-order valence-electron chi connectivity index (χ3n) is 3.53. The summed E-state index contributed by atoms with van der Waals surface area (Å²) < 4.78 is 6.43. The van der Waals surface area contributed by atoms with Crippen molar-refractivity contribution in [2.75, 3.05) is 12.4 Å². The molecule has 20 heavy (non-hydrogen) atoms. The van der Waals surface area contributed by atoms with Crippen molar-refractivity contribution in [3.8, 4) is 5.75 Å². The zero-order valence-corrected chi connectivity index (χ0v) is 13.8. The van der Waals surface area contributed by atoms with Gasteiger partial charge in [-0.25, -0.2) is 4.98 Å². The first-order valence-electron chi connectivity index (χ1n) is 6.52. The molecule has 4 heteroatoms. The van der Waals surface area contributed by atoms with Crippen LogP contribution in [0.4, 0.5) is 5.82 Å². The summed E-state index contributed by atoms with van der Waals surface area (Å²) in [5.41, 5.74) is 4.90. The van der Waals surface area contributed by atoms with E-state index in [0.717, 1.165) is 28.1 Å². The van der Waals surface area contributed by atoms with Crippen LogP contribution in [0.15, 0.2) is 28.9 Å². The number of hydrogen-bond donors (Lipinski definition) is 1. The maximum Gasteiger partial charge on any atom is 0.126 e. The molecule has 0 saturated heterocycles. The molecule has 0 atom stereocenters. The number of methoxy groups -OCH3 is 1. The molecule has 1 aromatic carbocycles. The van der Waals surface area contributed by atoms with E-state index in [-0.39, 0.29) is 0 Å². The van der Waals surface area contributed by atoms with E-state index in [2.05, 4.69) is 53.1 Å². The van der Waals surface area contributed by atoms with Crippen LogP contribution in [0, 0.1) is 20.8 Å². The van der Waals surface area contributed by atoms with Crippen LogP contribution in [0.1, 0.15) is 22.3 Å². The van der Waals surface area contributed by atoms with Crippen molar-refractivity contribution in [1.29, 1.82) is 0 Å². The Morgan fingerprint density at radius 1 is 1.20 bits per heavy atom. The van der Waals surface area contributed by atoms with E-state index in [4.69, 9.17) is 4.74 Å². The SMILES string of the molecule is COc1c(C)cc(CNc2ccc(Br)cn2)c(C)c1C. The molecule has 1 aromatic heterocycles. The molecule has 0 bridgehead atoms. The van der Waals surface area contributed by atoms with Crippen LogP contribution in [0.2, 0.25) is 0 Å². The van der Waals surface area contributed by atoms with Gasteiger partial charge in [0, 0.05) is 17.2 Å². The third kappa shape index (κ3) is 3.12. The number of benzene rings is 1. The number of nitrogens with one attached hydrogen (secondary N) is 1. The van der Waals surface area contributed by atoms with Crippen molar-refractivity contribution in [3.63, 3.8) is 0 Å². The van der Waals surface area contributed by atoms with Crippen LogP contribution in [0.3, 0.4) is 0 Å². The van der Waals surface area contributed by atoms with Crippen molar-refractivity contribution in [1.82, 2.24) is 4.98 Å². The van der Waals surface area contributed by atoms with Gasteiger partial charge in [-0.3, -0.25) is 0 Å². The second-order valence-electron chi connectivity index (χ2n) is 4.85. The van der Waals surface area contributed by atoms with E-state index in [0.29, 0.717) is 0 Å². The zero-order valence-electron chi connectivity index (χ0n) is 12.2. The molecule has 0 fully saturated rings. The number of aromatic nitrogens is 1. The Hall–Kier alpha value is -1.55. The van der Waals surface area contributed by atoms with Crippen LogP contribution >= 0.6 is 15.9 Å². The molecular weight excluding hydrogens is 316 g/mol. The lowest BCUT2D eigenvalue weighted by Gasteiger charge is -2.16. The van der Waals surface area contributed by atoms with E-state index >= 15 is 0 Å². The fraction of sp³-hybridized carbons (Fsp3) is 0.312. The Morgan fingerprint density at radius 2 is 1.95 bits per heavy atom. The molecule has 0 radical (unpaired) electrons. The van der Waals surface area contributed by atoms with Gasteiger partial charge in [-0.05, 0) is 71.1 Å². The molecule has 0 aliphatic heterocycles. The second kappa shape index (κ2) is 6.27. The molecule has 0 unspecified atom stereocenters. The Morgan fingerprint density at radius 3 is 2.55 bits per heavy atom. The molecule has 2 rings (SSSR count). The number of pyridine rings is 1. The van der Waals surface area contributed by atoms with Crippen molar-refractivity contribution in [2.24, 2.45) is 0 Å². The minimum Gasteiger partial charge on any atom is -0.496 e. The third-order valence-corrected chi connectivity index (χ3v) is 3.99. The summed E-state index contributed by atoms with van der Waals surface area (Å²) >= 11 is 3.38. The molecule has 0 aliphatic carbocycles. The maximum absolute atomic E-state index is 5.45. The van der Waals surface area contributed by atoms with Crippen LogP contribution in [0.5, 0.6) is 5.75 Å². The van der Waals surface area contributed by atoms with E-state index in [1.54, 1.807) is 13.3 Å². The summed E-state index contributed by atoms with van der Waals surface area (Å²) in [4.78, 5) is 4.32. The van der Waals surface area contributed by atoms with Gasteiger partial charge in [0.2, 0.25) is 0 Å². The predicted octanol–water partition coefficient (Wildman–Crippen LogP) is 4.39. The summed E-state index contributed by atoms with van der Waals surface area (Å²) in [5, 5.41) is 3.35.